The van der Waals surface area contributed by atoms with Crippen LogP contribution >= 0.6 is 0 Å². The fraction of sp³-hybridized carbons (Fsp3) is 0.935. The van der Waals surface area contributed by atoms with Gasteiger partial charge in [0.1, 0.15) is 0 Å². The lowest BCUT2D eigenvalue weighted by atomic mass is 9.67. The Labute approximate surface area is 214 Å². The molecule has 0 aromatic carbocycles. The summed E-state index contributed by atoms with van der Waals surface area (Å²) >= 11 is 0. The van der Waals surface area contributed by atoms with Crippen LogP contribution in [0.25, 0.3) is 0 Å². The minimum Gasteiger partial charge on any atom is -0.465 e. The van der Waals surface area contributed by atoms with Crippen molar-refractivity contribution in [3.63, 3.8) is 0 Å². The highest BCUT2D eigenvalue weighted by molar-refractivity contribution is 5.73. The molecule has 0 aliphatic heterocycles. The molecule has 200 valence electrons. The zero-order valence-electron chi connectivity index (χ0n) is 22.7. The van der Waals surface area contributed by atoms with Gasteiger partial charge in [0.05, 0.1) is 25.0 Å². The largest absolute Gasteiger partial charge is 0.465 e. The highest BCUT2D eigenvalue weighted by atomic mass is 16.5. The number of rotatable bonds is 10. The average Bonchev–Trinajstić information content (AvgIpc) is 2.91. The second-order valence-corrected chi connectivity index (χ2v) is 12.7. The van der Waals surface area contributed by atoms with Gasteiger partial charge in [0, 0.05) is 0 Å². The van der Waals surface area contributed by atoms with Gasteiger partial charge in [-0.1, -0.05) is 78.1 Å². The van der Waals surface area contributed by atoms with Gasteiger partial charge in [0.2, 0.25) is 0 Å². The summed E-state index contributed by atoms with van der Waals surface area (Å²) in [6, 6.07) is 0. The Morgan fingerprint density at radius 3 is 1.40 bits per heavy atom. The first kappa shape index (κ1) is 27.0. The molecule has 0 heterocycles. The van der Waals surface area contributed by atoms with Crippen molar-refractivity contribution in [3.05, 3.63) is 0 Å². The fourth-order valence-electron chi connectivity index (χ4n) is 7.99. The molecule has 0 aromatic rings. The Hall–Kier alpha value is -1.06. The maximum atomic E-state index is 12.8. The maximum Gasteiger partial charge on any atom is 0.308 e. The topological polar surface area (TPSA) is 52.6 Å². The summed E-state index contributed by atoms with van der Waals surface area (Å²) in [5, 5.41) is 0. The number of ether oxygens (including phenoxy) is 2. The first-order valence-electron chi connectivity index (χ1n) is 15.4. The third-order valence-corrected chi connectivity index (χ3v) is 10.5. The predicted molar refractivity (Wildman–Crippen MR) is 140 cm³/mol. The highest BCUT2D eigenvalue weighted by Crippen LogP contribution is 2.44. The number of hydrogen-bond acceptors (Lipinski definition) is 4. The van der Waals surface area contributed by atoms with Crippen LogP contribution in [0.5, 0.6) is 0 Å². The van der Waals surface area contributed by atoms with Crippen LogP contribution in [0.2, 0.25) is 0 Å². The van der Waals surface area contributed by atoms with E-state index in [1.165, 1.54) is 64.2 Å². The molecule has 8 atom stereocenters. The molecule has 35 heavy (non-hydrogen) atoms. The van der Waals surface area contributed by atoms with Gasteiger partial charge in [-0.15, -0.1) is 0 Å². The van der Waals surface area contributed by atoms with Gasteiger partial charge in [0.25, 0.3) is 0 Å². The van der Waals surface area contributed by atoms with Crippen molar-refractivity contribution in [2.45, 2.75) is 123 Å². The van der Waals surface area contributed by atoms with Gasteiger partial charge in [-0.05, 0) is 80.5 Å². The van der Waals surface area contributed by atoms with E-state index in [0.29, 0.717) is 25.0 Å². The number of hydrogen-bond donors (Lipinski definition) is 0. The van der Waals surface area contributed by atoms with Crippen molar-refractivity contribution in [2.24, 2.45) is 47.3 Å². The molecule has 4 heteroatoms. The SMILES string of the molecule is CCC(COC(=O)C1CCC2CCCCC2C1)CC(CC)COC(=O)C1CCC2CCCCC2C1. The van der Waals surface area contributed by atoms with E-state index in [1.807, 2.05) is 0 Å². The normalized spacial score (nSPS) is 34.7. The van der Waals surface area contributed by atoms with Crippen molar-refractivity contribution in [1.29, 1.82) is 0 Å². The van der Waals surface area contributed by atoms with Crippen LogP contribution in [0.1, 0.15) is 123 Å². The predicted octanol–water partition coefficient (Wildman–Crippen LogP) is 7.73. The molecule has 0 aromatic heterocycles. The standard InChI is InChI=1S/C31H52O4/c1-3-22(20-34-30(32)28-15-13-24-9-5-7-11-26(24)18-28)17-23(4-2)21-35-31(33)29-16-14-25-10-6-8-12-27(25)19-29/h22-29H,3-21H2,1-2H3. The van der Waals surface area contributed by atoms with Crippen LogP contribution < -0.4 is 0 Å². The second kappa shape index (κ2) is 13.5. The molecule has 4 nitrogen and oxygen atoms in total. The Morgan fingerprint density at radius 1 is 0.600 bits per heavy atom. The van der Waals surface area contributed by atoms with E-state index in [1.54, 1.807) is 0 Å². The van der Waals surface area contributed by atoms with E-state index in [9.17, 15) is 9.59 Å². The van der Waals surface area contributed by atoms with E-state index >= 15 is 0 Å². The Balaban J connectivity index is 1.16. The molecule has 0 radical (unpaired) electrons. The monoisotopic (exact) mass is 488 g/mol. The summed E-state index contributed by atoms with van der Waals surface area (Å²) in [6.07, 6.45) is 20.3. The summed E-state index contributed by atoms with van der Waals surface area (Å²) < 4.78 is 11.8. The third kappa shape index (κ3) is 7.48. The van der Waals surface area contributed by atoms with Crippen molar-refractivity contribution in [3.8, 4) is 0 Å². The lowest BCUT2D eigenvalue weighted by Gasteiger charge is -2.38. The lowest BCUT2D eigenvalue weighted by Crippen LogP contribution is -2.33. The number of carbonyl (C=O) groups excluding carboxylic acids is 2. The van der Waals surface area contributed by atoms with Gasteiger partial charge >= 0.3 is 11.9 Å². The molecule has 4 aliphatic rings. The minimum absolute atomic E-state index is 0.0465. The van der Waals surface area contributed by atoms with Gasteiger partial charge in [-0.2, -0.15) is 0 Å². The number of carbonyl (C=O) groups is 2. The smallest absolute Gasteiger partial charge is 0.308 e. The van der Waals surface area contributed by atoms with E-state index in [2.05, 4.69) is 13.8 Å². The first-order chi connectivity index (χ1) is 17.1. The Bertz CT molecular complexity index is 619. The van der Waals surface area contributed by atoms with Crippen LogP contribution in [-0.4, -0.2) is 25.2 Å². The summed E-state index contributed by atoms with van der Waals surface area (Å²) in [5.74, 6) is 4.27. The van der Waals surface area contributed by atoms with Crippen LogP contribution in [0.4, 0.5) is 0 Å². The molecular formula is C31H52O4. The van der Waals surface area contributed by atoms with Crippen LogP contribution in [0.15, 0.2) is 0 Å². The minimum atomic E-state index is 0.0465. The molecule has 0 bridgehead atoms. The fourth-order valence-corrected chi connectivity index (χ4v) is 7.99. The molecule has 8 unspecified atom stereocenters. The Morgan fingerprint density at radius 2 is 1.00 bits per heavy atom. The molecule has 0 saturated heterocycles. The van der Waals surface area contributed by atoms with Gasteiger partial charge in [-0.3, -0.25) is 9.59 Å². The zero-order valence-corrected chi connectivity index (χ0v) is 22.7. The molecule has 0 N–H and O–H groups in total. The second-order valence-electron chi connectivity index (χ2n) is 12.7. The quantitative estimate of drug-likeness (QED) is 0.295. The van der Waals surface area contributed by atoms with Gasteiger partial charge < -0.3 is 9.47 Å². The van der Waals surface area contributed by atoms with E-state index in [0.717, 1.165) is 68.6 Å². The number of fused-ring (bicyclic) bond motifs is 2. The van der Waals surface area contributed by atoms with Gasteiger partial charge in [-0.25, -0.2) is 0 Å². The van der Waals surface area contributed by atoms with E-state index in [4.69, 9.17) is 9.47 Å². The summed E-state index contributed by atoms with van der Waals surface area (Å²) in [6.45, 7) is 5.42. The summed E-state index contributed by atoms with van der Waals surface area (Å²) in [7, 11) is 0. The van der Waals surface area contributed by atoms with E-state index < -0.39 is 0 Å². The Kier molecular flexibility index (Phi) is 10.4. The van der Waals surface area contributed by atoms with Crippen molar-refractivity contribution in [2.75, 3.05) is 13.2 Å². The van der Waals surface area contributed by atoms with Crippen molar-refractivity contribution in [1.82, 2.24) is 0 Å². The molecule has 4 rings (SSSR count). The molecule has 0 spiro atoms. The van der Waals surface area contributed by atoms with Gasteiger partial charge in [0.15, 0.2) is 0 Å². The molecule has 4 fully saturated rings. The zero-order chi connectivity index (χ0) is 24.6. The van der Waals surface area contributed by atoms with Crippen LogP contribution in [-0.2, 0) is 19.1 Å². The van der Waals surface area contributed by atoms with Crippen LogP contribution in [0.3, 0.4) is 0 Å². The van der Waals surface area contributed by atoms with Crippen LogP contribution in [0, 0.1) is 47.3 Å². The third-order valence-electron chi connectivity index (χ3n) is 10.5. The molecular weight excluding hydrogens is 436 g/mol. The lowest BCUT2D eigenvalue weighted by molar-refractivity contribution is -0.153. The van der Waals surface area contributed by atoms with Crippen molar-refractivity contribution < 1.29 is 19.1 Å². The van der Waals surface area contributed by atoms with Crippen molar-refractivity contribution >= 4 is 11.9 Å². The maximum absolute atomic E-state index is 12.8. The average molecular weight is 489 g/mol. The first-order valence-corrected chi connectivity index (χ1v) is 15.4. The van der Waals surface area contributed by atoms with E-state index in [-0.39, 0.29) is 23.8 Å². The summed E-state index contributed by atoms with van der Waals surface area (Å²) in [5.41, 5.74) is 0. The molecule has 4 saturated carbocycles. The number of esters is 2. The summed E-state index contributed by atoms with van der Waals surface area (Å²) in [4.78, 5) is 25.7. The highest BCUT2D eigenvalue weighted by Gasteiger charge is 2.37. The molecule has 4 aliphatic carbocycles. The molecule has 0 amide bonds.